The van der Waals surface area contributed by atoms with E-state index in [-0.39, 0.29) is 11.7 Å². The van der Waals surface area contributed by atoms with Crippen LogP contribution in [0.4, 0.5) is 0 Å². The Morgan fingerprint density at radius 2 is 2.00 bits per heavy atom. The number of nitrogens with zero attached hydrogens (tertiary/aromatic N) is 3. The lowest BCUT2D eigenvalue weighted by atomic mass is 10.1. The van der Waals surface area contributed by atoms with E-state index < -0.39 is 0 Å². The first-order valence-corrected chi connectivity index (χ1v) is 9.04. The Kier molecular flexibility index (Phi) is 7.06. The van der Waals surface area contributed by atoms with E-state index in [4.69, 9.17) is 9.47 Å². The summed E-state index contributed by atoms with van der Waals surface area (Å²) in [5, 5.41) is 8.99. The molecule has 0 N–H and O–H groups in total. The van der Waals surface area contributed by atoms with Crippen LogP contribution in [-0.2, 0) is 22.7 Å². The predicted octanol–water partition coefficient (Wildman–Crippen LogP) is 3.32. The summed E-state index contributed by atoms with van der Waals surface area (Å²) in [7, 11) is 0. The summed E-state index contributed by atoms with van der Waals surface area (Å²) in [5.41, 5.74) is 2.29. The molecule has 6 nitrogen and oxygen atoms in total. The first-order valence-electron chi connectivity index (χ1n) is 8.06. The fourth-order valence-electron chi connectivity index (χ4n) is 2.34. The smallest absolute Gasteiger partial charge is 0.316 e. The third-order valence-corrected chi connectivity index (χ3v) is 4.23. The van der Waals surface area contributed by atoms with Crippen LogP contribution in [0.15, 0.2) is 36.0 Å². The van der Waals surface area contributed by atoms with Crippen LogP contribution >= 0.6 is 11.8 Å². The van der Waals surface area contributed by atoms with Gasteiger partial charge in [-0.2, -0.15) is 0 Å². The molecular weight excluding hydrogens is 338 g/mol. The van der Waals surface area contributed by atoms with Crippen LogP contribution in [0, 0.1) is 13.8 Å². The van der Waals surface area contributed by atoms with Gasteiger partial charge in [0.05, 0.1) is 12.4 Å². The summed E-state index contributed by atoms with van der Waals surface area (Å²) in [5.74, 6) is 1.41. The first-order chi connectivity index (χ1) is 12.0. The topological polar surface area (TPSA) is 66.2 Å². The zero-order valence-electron chi connectivity index (χ0n) is 14.8. The molecule has 0 fully saturated rings. The van der Waals surface area contributed by atoms with Crippen molar-refractivity contribution in [1.82, 2.24) is 14.8 Å². The molecular formula is C18H23N3O3S. The number of aryl methyl sites for hydroxylation is 2. The maximum absolute atomic E-state index is 11.5. The van der Waals surface area contributed by atoms with Crippen molar-refractivity contribution in [2.75, 3.05) is 12.4 Å². The lowest BCUT2D eigenvalue weighted by molar-refractivity contribution is -0.139. The molecule has 0 unspecified atom stereocenters. The van der Waals surface area contributed by atoms with Crippen molar-refractivity contribution < 1.29 is 14.3 Å². The number of carbonyl (C=O) groups is 1. The van der Waals surface area contributed by atoms with E-state index in [2.05, 4.69) is 22.8 Å². The van der Waals surface area contributed by atoms with Gasteiger partial charge >= 0.3 is 5.97 Å². The molecule has 2 rings (SSSR count). The summed E-state index contributed by atoms with van der Waals surface area (Å²) >= 11 is 1.29. The van der Waals surface area contributed by atoms with E-state index in [0.717, 1.165) is 16.9 Å². The van der Waals surface area contributed by atoms with Gasteiger partial charge in [-0.05, 0) is 44.0 Å². The Morgan fingerprint density at radius 3 is 2.64 bits per heavy atom. The second kappa shape index (κ2) is 9.27. The average Bonchev–Trinajstić information content (AvgIpc) is 2.93. The first kappa shape index (κ1) is 19.1. The van der Waals surface area contributed by atoms with Crippen LogP contribution in [-0.4, -0.2) is 33.1 Å². The van der Waals surface area contributed by atoms with E-state index >= 15 is 0 Å². The van der Waals surface area contributed by atoms with Crippen molar-refractivity contribution in [1.29, 1.82) is 0 Å². The molecule has 2 aromatic rings. The monoisotopic (exact) mass is 361 g/mol. The van der Waals surface area contributed by atoms with Crippen molar-refractivity contribution in [3.63, 3.8) is 0 Å². The standard InChI is InChI=1S/C18H23N3O3S/c1-5-7-21-16(11-24-15-9-13(3)8-14(4)10-15)19-20-18(21)25-12-17(22)23-6-2/h5,8-10H,1,6-7,11-12H2,2-4H3. The molecule has 1 aromatic heterocycles. The third-order valence-electron chi connectivity index (χ3n) is 3.29. The van der Waals surface area contributed by atoms with Crippen LogP contribution in [0.5, 0.6) is 5.75 Å². The molecule has 0 bridgehead atoms. The maximum atomic E-state index is 11.5. The Morgan fingerprint density at radius 1 is 1.28 bits per heavy atom. The molecule has 7 heteroatoms. The lowest BCUT2D eigenvalue weighted by Gasteiger charge is -2.10. The van der Waals surface area contributed by atoms with Gasteiger partial charge in [0, 0.05) is 6.54 Å². The number of rotatable bonds is 9. The van der Waals surface area contributed by atoms with Crippen LogP contribution in [0.2, 0.25) is 0 Å². The van der Waals surface area contributed by atoms with E-state index in [1.54, 1.807) is 13.0 Å². The quantitative estimate of drug-likeness (QED) is 0.388. The molecule has 0 aliphatic carbocycles. The van der Waals surface area contributed by atoms with E-state index in [1.807, 2.05) is 30.5 Å². The van der Waals surface area contributed by atoms with Crippen LogP contribution in [0.25, 0.3) is 0 Å². The second-order valence-corrected chi connectivity index (χ2v) is 6.45. The molecule has 0 saturated carbocycles. The average molecular weight is 361 g/mol. The van der Waals surface area contributed by atoms with Gasteiger partial charge in [-0.25, -0.2) is 0 Å². The van der Waals surface area contributed by atoms with Crippen LogP contribution < -0.4 is 4.74 Å². The number of esters is 1. The number of ether oxygens (including phenoxy) is 2. The Bertz CT molecular complexity index is 723. The number of thioether (sulfide) groups is 1. The summed E-state index contributed by atoms with van der Waals surface area (Å²) in [6.07, 6.45) is 1.76. The fraction of sp³-hybridized carbons (Fsp3) is 0.389. The van der Waals surface area contributed by atoms with Gasteiger partial charge in [0.2, 0.25) is 0 Å². The zero-order chi connectivity index (χ0) is 18.2. The van der Waals surface area contributed by atoms with Crippen molar-refractivity contribution in [2.45, 2.75) is 39.1 Å². The van der Waals surface area contributed by atoms with Gasteiger partial charge in [-0.1, -0.05) is 23.9 Å². The summed E-state index contributed by atoms with van der Waals surface area (Å²) in [6.45, 7) is 10.8. The van der Waals surface area contributed by atoms with E-state index in [9.17, 15) is 4.79 Å². The Balaban J connectivity index is 2.06. The number of hydrogen-bond acceptors (Lipinski definition) is 6. The summed E-state index contributed by atoms with van der Waals surface area (Å²) in [4.78, 5) is 11.5. The Labute approximate surface area is 152 Å². The minimum atomic E-state index is -0.270. The van der Waals surface area contributed by atoms with Crippen molar-refractivity contribution in [2.24, 2.45) is 0 Å². The highest BCUT2D eigenvalue weighted by molar-refractivity contribution is 7.99. The minimum absolute atomic E-state index is 0.195. The number of carbonyl (C=O) groups excluding carboxylic acids is 1. The molecule has 0 aliphatic rings. The van der Waals surface area contributed by atoms with Gasteiger partial charge in [0.25, 0.3) is 0 Å². The number of hydrogen-bond donors (Lipinski definition) is 0. The summed E-state index contributed by atoms with van der Waals surface area (Å²) in [6, 6.07) is 6.06. The third kappa shape index (κ3) is 5.63. The van der Waals surface area contributed by atoms with Gasteiger partial charge in [0.15, 0.2) is 11.0 Å². The van der Waals surface area contributed by atoms with E-state index in [0.29, 0.717) is 30.7 Å². The largest absolute Gasteiger partial charge is 0.486 e. The molecule has 0 spiro atoms. The minimum Gasteiger partial charge on any atom is -0.486 e. The second-order valence-electron chi connectivity index (χ2n) is 5.50. The molecule has 1 aromatic carbocycles. The molecule has 0 amide bonds. The number of allylic oxidation sites excluding steroid dienone is 1. The van der Waals surface area contributed by atoms with Gasteiger partial charge in [-0.15, -0.1) is 16.8 Å². The highest BCUT2D eigenvalue weighted by Crippen LogP contribution is 2.20. The number of benzene rings is 1. The number of aromatic nitrogens is 3. The van der Waals surface area contributed by atoms with Crippen molar-refractivity contribution in [3.8, 4) is 5.75 Å². The molecule has 0 atom stereocenters. The Hall–Kier alpha value is -2.28. The van der Waals surface area contributed by atoms with Gasteiger partial charge in [-0.3, -0.25) is 9.36 Å². The predicted molar refractivity (Wildman–Crippen MR) is 97.8 cm³/mol. The maximum Gasteiger partial charge on any atom is 0.316 e. The van der Waals surface area contributed by atoms with Gasteiger partial charge < -0.3 is 9.47 Å². The molecule has 0 saturated heterocycles. The van der Waals surface area contributed by atoms with Crippen LogP contribution in [0.1, 0.15) is 23.9 Å². The van der Waals surface area contributed by atoms with Crippen molar-refractivity contribution in [3.05, 3.63) is 47.8 Å². The van der Waals surface area contributed by atoms with Crippen molar-refractivity contribution >= 4 is 17.7 Å². The fourth-order valence-corrected chi connectivity index (χ4v) is 3.10. The van der Waals surface area contributed by atoms with Crippen LogP contribution in [0.3, 0.4) is 0 Å². The molecule has 1 heterocycles. The highest BCUT2D eigenvalue weighted by Gasteiger charge is 2.14. The molecule has 25 heavy (non-hydrogen) atoms. The van der Waals surface area contributed by atoms with Gasteiger partial charge in [0.1, 0.15) is 12.4 Å². The molecule has 0 radical (unpaired) electrons. The summed E-state index contributed by atoms with van der Waals surface area (Å²) < 4.78 is 12.7. The zero-order valence-corrected chi connectivity index (χ0v) is 15.6. The molecule has 134 valence electrons. The normalized spacial score (nSPS) is 10.5. The lowest BCUT2D eigenvalue weighted by Crippen LogP contribution is -2.10. The highest BCUT2D eigenvalue weighted by atomic mass is 32.2. The van der Waals surface area contributed by atoms with E-state index in [1.165, 1.54) is 11.8 Å². The molecule has 0 aliphatic heterocycles. The SMILES string of the molecule is C=CCn1c(COc2cc(C)cc(C)c2)nnc1SCC(=O)OCC.